The van der Waals surface area contributed by atoms with Crippen LogP contribution < -0.4 is 11.1 Å². The van der Waals surface area contributed by atoms with E-state index in [0.29, 0.717) is 12.5 Å². The fraction of sp³-hybridized carbons (Fsp3) is 0.417. The molecule has 0 fully saturated rings. The van der Waals surface area contributed by atoms with Crippen LogP contribution in [0.15, 0.2) is 18.2 Å². The fourth-order valence-electron chi connectivity index (χ4n) is 1.42. The van der Waals surface area contributed by atoms with Gasteiger partial charge in [-0.25, -0.2) is 0 Å². The number of hydrogen-bond donors (Lipinski definition) is 3. The summed E-state index contributed by atoms with van der Waals surface area (Å²) in [5.41, 5.74) is 8.82. The number of benzene rings is 1. The van der Waals surface area contributed by atoms with Gasteiger partial charge in [-0.1, -0.05) is 12.1 Å². The lowest BCUT2D eigenvalue weighted by Crippen LogP contribution is -2.32. The van der Waals surface area contributed by atoms with Crippen LogP contribution in [0.2, 0.25) is 0 Å². The van der Waals surface area contributed by atoms with E-state index in [1.807, 2.05) is 44.0 Å². The Balaban J connectivity index is 2.85. The van der Waals surface area contributed by atoms with Gasteiger partial charge in [-0.3, -0.25) is 5.41 Å². The van der Waals surface area contributed by atoms with Crippen LogP contribution in [0.4, 0.5) is 5.69 Å². The van der Waals surface area contributed by atoms with Gasteiger partial charge in [0.25, 0.3) is 0 Å². The van der Waals surface area contributed by atoms with Crippen LogP contribution in [0.5, 0.6) is 0 Å². The van der Waals surface area contributed by atoms with Crippen molar-refractivity contribution in [3.8, 4) is 0 Å². The molecule has 0 atom stereocenters. The van der Waals surface area contributed by atoms with Gasteiger partial charge in [-0.05, 0) is 31.0 Å². The van der Waals surface area contributed by atoms with Crippen molar-refractivity contribution in [3.63, 3.8) is 0 Å². The molecule has 0 aliphatic carbocycles. The van der Waals surface area contributed by atoms with Crippen LogP contribution in [0.25, 0.3) is 0 Å². The number of nitrogens with two attached hydrogens (primary N) is 1. The van der Waals surface area contributed by atoms with Crippen LogP contribution in [-0.2, 0) is 6.54 Å². The average molecular weight is 220 g/mol. The maximum Gasteiger partial charge on any atom is 0.195 e. The van der Waals surface area contributed by atoms with Gasteiger partial charge in [0.05, 0.1) is 0 Å². The summed E-state index contributed by atoms with van der Waals surface area (Å²) in [7, 11) is 1.89. The maximum absolute atomic E-state index is 7.84. The molecule has 1 aromatic rings. The number of rotatable bonds is 3. The monoisotopic (exact) mass is 220 g/mol. The predicted molar refractivity (Wildman–Crippen MR) is 68.7 cm³/mol. The normalized spacial score (nSPS) is 10.0. The summed E-state index contributed by atoms with van der Waals surface area (Å²) < 4.78 is 0. The summed E-state index contributed by atoms with van der Waals surface area (Å²) in [6.45, 7) is 5.36. The van der Waals surface area contributed by atoms with Crippen molar-refractivity contribution >= 4 is 11.6 Å². The molecule has 16 heavy (non-hydrogen) atoms. The van der Waals surface area contributed by atoms with Crippen molar-refractivity contribution < 1.29 is 0 Å². The standard InChI is InChI=1S/C12H20N4/c1-4-16(3)12(14)15-11-7-5-6-10(8-13)9(11)2/h5-7H,4,8,13H2,1-3H3,(H2,14,15). The summed E-state index contributed by atoms with van der Waals surface area (Å²) in [4.78, 5) is 1.84. The van der Waals surface area contributed by atoms with Crippen LogP contribution in [0.1, 0.15) is 18.1 Å². The zero-order valence-electron chi connectivity index (χ0n) is 10.2. The number of anilines is 1. The Hall–Kier alpha value is -1.55. The van der Waals surface area contributed by atoms with Crippen LogP contribution >= 0.6 is 0 Å². The highest BCUT2D eigenvalue weighted by Crippen LogP contribution is 2.18. The first-order chi connectivity index (χ1) is 7.60. The minimum absolute atomic E-state index is 0.403. The molecule has 0 heterocycles. The third-order valence-electron chi connectivity index (χ3n) is 2.78. The van der Waals surface area contributed by atoms with Gasteiger partial charge in [-0.2, -0.15) is 0 Å². The quantitative estimate of drug-likeness (QED) is 0.537. The summed E-state index contributed by atoms with van der Waals surface area (Å²) in [5.74, 6) is 0.403. The lowest BCUT2D eigenvalue weighted by atomic mass is 10.1. The Morgan fingerprint density at radius 2 is 2.19 bits per heavy atom. The van der Waals surface area contributed by atoms with Gasteiger partial charge in [0.2, 0.25) is 0 Å². The van der Waals surface area contributed by atoms with E-state index in [2.05, 4.69) is 5.32 Å². The van der Waals surface area contributed by atoms with E-state index in [-0.39, 0.29) is 0 Å². The summed E-state index contributed by atoms with van der Waals surface area (Å²) in [6.07, 6.45) is 0. The van der Waals surface area contributed by atoms with Crippen LogP contribution in [-0.4, -0.2) is 24.5 Å². The van der Waals surface area contributed by atoms with E-state index in [1.165, 1.54) is 0 Å². The van der Waals surface area contributed by atoms with Gasteiger partial charge in [0.15, 0.2) is 5.96 Å². The Bertz CT molecular complexity index is 373. The Kier molecular flexibility index (Phi) is 4.31. The molecule has 0 aromatic heterocycles. The third kappa shape index (κ3) is 2.73. The SMILES string of the molecule is CCN(C)C(=N)Nc1cccc(CN)c1C. The zero-order chi connectivity index (χ0) is 12.1. The van der Waals surface area contributed by atoms with Crippen molar-refractivity contribution in [2.24, 2.45) is 5.73 Å². The minimum atomic E-state index is 0.403. The van der Waals surface area contributed by atoms with E-state index in [0.717, 1.165) is 23.4 Å². The summed E-state index contributed by atoms with van der Waals surface area (Å²) in [5, 5.41) is 10.9. The molecule has 1 aromatic carbocycles. The van der Waals surface area contributed by atoms with E-state index < -0.39 is 0 Å². The van der Waals surface area contributed by atoms with Gasteiger partial charge in [-0.15, -0.1) is 0 Å². The molecule has 0 unspecified atom stereocenters. The molecule has 0 aliphatic heterocycles. The average Bonchev–Trinajstić information content (AvgIpc) is 2.30. The van der Waals surface area contributed by atoms with E-state index >= 15 is 0 Å². The molecule has 0 aliphatic rings. The van der Waals surface area contributed by atoms with E-state index in [1.54, 1.807) is 0 Å². The lowest BCUT2D eigenvalue weighted by molar-refractivity contribution is 0.530. The first-order valence-corrected chi connectivity index (χ1v) is 5.45. The predicted octanol–water partition coefficient (Wildman–Crippen LogP) is 1.75. The van der Waals surface area contributed by atoms with Crippen molar-refractivity contribution in [1.29, 1.82) is 5.41 Å². The first-order valence-electron chi connectivity index (χ1n) is 5.45. The number of nitrogens with one attached hydrogen (secondary N) is 2. The lowest BCUT2D eigenvalue weighted by Gasteiger charge is -2.20. The molecule has 88 valence electrons. The second kappa shape index (κ2) is 5.51. The Labute approximate surface area is 97.0 Å². The smallest absolute Gasteiger partial charge is 0.195 e. The number of guanidine groups is 1. The zero-order valence-corrected chi connectivity index (χ0v) is 10.2. The second-order valence-electron chi connectivity index (χ2n) is 3.78. The maximum atomic E-state index is 7.84. The third-order valence-corrected chi connectivity index (χ3v) is 2.78. The molecule has 0 amide bonds. The Morgan fingerprint density at radius 3 is 2.75 bits per heavy atom. The summed E-state index contributed by atoms with van der Waals surface area (Å²) in [6, 6.07) is 5.93. The number of hydrogen-bond acceptors (Lipinski definition) is 2. The molecule has 4 N–H and O–H groups in total. The molecule has 0 bridgehead atoms. The minimum Gasteiger partial charge on any atom is -0.346 e. The molecule has 1 rings (SSSR count). The molecular formula is C12H20N4. The summed E-state index contributed by atoms with van der Waals surface area (Å²) >= 11 is 0. The van der Waals surface area contributed by atoms with Crippen molar-refractivity contribution in [2.75, 3.05) is 18.9 Å². The molecule has 4 heteroatoms. The highest BCUT2D eigenvalue weighted by atomic mass is 15.3. The molecule has 0 saturated heterocycles. The first kappa shape index (κ1) is 12.5. The van der Waals surface area contributed by atoms with Gasteiger partial charge >= 0.3 is 0 Å². The van der Waals surface area contributed by atoms with Crippen molar-refractivity contribution in [1.82, 2.24) is 4.90 Å². The van der Waals surface area contributed by atoms with E-state index in [4.69, 9.17) is 11.1 Å². The van der Waals surface area contributed by atoms with Crippen LogP contribution in [0.3, 0.4) is 0 Å². The van der Waals surface area contributed by atoms with Gasteiger partial charge < -0.3 is 16.0 Å². The highest BCUT2D eigenvalue weighted by molar-refractivity contribution is 5.91. The van der Waals surface area contributed by atoms with Gasteiger partial charge in [0, 0.05) is 25.8 Å². The fourth-order valence-corrected chi connectivity index (χ4v) is 1.42. The molecule has 0 spiro atoms. The largest absolute Gasteiger partial charge is 0.346 e. The molecule has 4 nitrogen and oxygen atoms in total. The van der Waals surface area contributed by atoms with Crippen molar-refractivity contribution in [3.05, 3.63) is 29.3 Å². The molecule has 0 radical (unpaired) electrons. The van der Waals surface area contributed by atoms with E-state index in [9.17, 15) is 0 Å². The van der Waals surface area contributed by atoms with Crippen molar-refractivity contribution in [2.45, 2.75) is 20.4 Å². The number of nitrogens with zero attached hydrogens (tertiary/aromatic N) is 1. The van der Waals surface area contributed by atoms with Gasteiger partial charge in [0.1, 0.15) is 0 Å². The molecular weight excluding hydrogens is 200 g/mol. The second-order valence-corrected chi connectivity index (χ2v) is 3.78. The van der Waals surface area contributed by atoms with Crippen LogP contribution in [0, 0.1) is 12.3 Å². The Morgan fingerprint density at radius 1 is 1.50 bits per heavy atom. The molecule has 0 saturated carbocycles. The highest BCUT2D eigenvalue weighted by Gasteiger charge is 2.06. The topological polar surface area (TPSA) is 65.1 Å².